The first-order chi connectivity index (χ1) is 26.9. The monoisotopic (exact) mass is 777 g/mol. The Morgan fingerprint density at radius 3 is 2.09 bits per heavy atom. The zero-order valence-electron chi connectivity index (χ0n) is 32.8. The van der Waals surface area contributed by atoms with E-state index in [1.54, 1.807) is 42.7 Å². The quantitative estimate of drug-likeness (QED) is 0.143. The van der Waals surface area contributed by atoms with Crippen molar-refractivity contribution in [1.82, 2.24) is 23.6 Å². The lowest BCUT2D eigenvalue weighted by atomic mass is 9.93. The van der Waals surface area contributed by atoms with Gasteiger partial charge in [0.05, 0.1) is 28.7 Å². The van der Waals surface area contributed by atoms with E-state index in [0.29, 0.717) is 53.8 Å². The molecule has 13 heteroatoms. The zero-order chi connectivity index (χ0) is 40.4. The van der Waals surface area contributed by atoms with Gasteiger partial charge in [0.15, 0.2) is 11.3 Å². The molecule has 2 fully saturated rings. The molecular formula is C43H53N8O4S-. The SMILES string of the molecule is CC[C@@H]1C[C@@H](CCC#N)C[C@@H]1C(=O)[O-].CC[C@@H]1C[C@@H](CCC#N)C[C@@H]1c1nnc2cnc3c(ccn3S(=O)(=O)c3ccc(C)cc3)n12.C[C@H](N)c1ccccc1. The molecule has 3 heterocycles. The maximum Gasteiger partial charge on any atom is 0.269 e. The third kappa shape index (κ3) is 9.63. The molecule has 2 N–H and O–H groups in total. The number of aliphatic carboxylic acids is 1. The number of hydrogen-bond acceptors (Lipinski definition) is 10. The fourth-order valence-corrected chi connectivity index (χ4v) is 9.76. The summed E-state index contributed by atoms with van der Waals surface area (Å²) in [6.07, 6.45) is 11.6. The second-order valence-corrected chi connectivity index (χ2v) is 17.1. The average molecular weight is 778 g/mol. The summed E-state index contributed by atoms with van der Waals surface area (Å²) in [7, 11) is -3.79. The number of carboxylic acid groups (broad SMARTS) is 1. The van der Waals surface area contributed by atoms with Crippen LogP contribution in [0.3, 0.4) is 0 Å². The standard InChI is InChI=1S/C24H26N6O2S.C11H17NO2.C8H11N/c1-3-18-13-17(5-4-11-25)14-20(18)23-28-27-22-15-26-24-21(30(22)23)10-12-29(24)33(31,32)19-8-6-16(2)7-9-19;1-2-9-6-8(4-3-5-12)7-10(9)11(13)14;1-7(9)8-5-3-2-4-6-8/h6-10,12,15,17-18,20H,3-5,13-14H2,1-2H3;8-10H,2-4,6-7H2,1H3,(H,13,14);2-7H,9H2,1H3/p-1/t17-,18-,20+;8-,9-,10+;7-/m110/s1. The number of aryl methyl sites for hydroxylation is 1. The van der Waals surface area contributed by atoms with Crippen molar-refractivity contribution in [3.63, 3.8) is 0 Å². The summed E-state index contributed by atoms with van der Waals surface area (Å²) in [4.78, 5) is 15.5. The number of nitrogens with two attached hydrogens (primary N) is 1. The fourth-order valence-electron chi connectivity index (χ4n) is 8.46. The minimum atomic E-state index is -3.79. The van der Waals surface area contributed by atoms with Crippen molar-refractivity contribution < 1.29 is 18.3 Å². The molecule has 7 rings (SSSR count). The smallest absolute Gasteiger partial charge is 0.269 e. The molecule has 56 heavy (non-hydrogen) atoms. The van der Waals surface area contributed by atoms with E-state index in [9.17, 15) is 18.3 Å². The van der Waals surface area contributed by atoms with Crippen LogP contribution in [0.5, 0.6) is 0 Å². The Hall–Kier alpha value is -5.11. The first kappa shape index (κ1) is 42.0. The molecule has 296 valence electrons. The minimum Gasteiger partial charge on any atom is -0.550 e. The Balaban J connectivity index is 0.000000213. The number of carbonyl (C=O) groups excluding carboxylic acids is 1. The highest BCUT2D eigenvalue weighted by Gasteiger charge is 2.37. The number of nitriles is 2. The van der Waals surface area contributed by atoms with Gasteiger partial charge in [-0.2, -0.15) is 10.5 Å². The Morgan fingerprint density at radius 1 is 0.911 bits per heavy atom. The summed E-state index contributed by atoms with van der Waals surface area (Å²) in [5.41, 5.74) is 9.45. The van der Waals surface area contributed by atoms with E-state index in [2.05, 4.69) is 34.2 Å². The van der Waals surface area contributed by atoms with Gasteiger partial charge in [-0.1, -0.05) is 74.7 Å². The molecule has 5 aromatic rings. The second-order valence-electron chi connectivity index (χ2n) is 15.3. The van der Waals surface area contributed by atoms with Crippen molar-refractivity contribution in [2.75, 3.05) is 0 Å². The van der Waals surface area contributed by atoms with Gasteiger partial charge in [0.25, 0.3) is 10.0 Å². The van der Waals surface area contributed by atoms with Crippen LogP contribution >= 0.6 is 0 Å². The number of benzene rings is 2. The highest BCUT2D eigenvalue weighted by atomic mass is 32.2. The van der Waals surface area contributed by atoms with Crippen LogP contribution in [-0.2, 0) is 14.8 Å². The van der Waals surface area contributed by atoms with Gasteiger partial charge in [-0.25, -0.2) is 17.4 Å². The number of carbonyl (C=O) groups is 1. The van der Waals surface area contributed by atoms with E-state index in [-0.39, 0.29) is 28.7 Å². The number of aromatic nitrogens is 5. The van der Waals surface area contributed by atoms with E-state index < -0.39 is 16.0 Å². The first-order valence-electron chi connectivity index (χ1n) is 19.7. The summed E-state index contributed by atoms with van der Waals surface area (Å²) in [5.74, 6) is 1.54. The van der Waals surface area contributed by atoms with Crippen molar-refractivity contribution in [3.8, 4) is 12.1 Å². The molecule has 0 aliphatic heterocycles. The number of fused-ring (bicyclic) bond motifs is 3. The molecule has 2 aliphatic rings. The molecule has 2 aromatic carbocycles. The zero-order valence-corrected chi connectivity index (χ0v) is 33.6. The molecule has 0 bridgehead atoms. The van der Waals surface area contributed by atoms with Crippen LogP contribution in [0.15, 0.2) is 78.0 Å². The van der Waals surface area contributed by atoms with Crippen LogP contribution in [0.1, 0.15) is 114 Å². The Labute approximate surface area is 330 Å². The molecule has 0 saturated heterocycles. The van der Waals surface area contributed by atoms with Gasteiger partial charge in [-0.15, -0.1) is 10.2 Å². The predicted octanol–water partition coefficient (Wildman–Crippen LogP) is 7.25. The van der Waals surface area contributed by atoms with Gasteiger partial charge in [-0.3, -0.25) is 4.40 Å². The predicted molar refractivity (Wildman–Crippen MR) is 213 cm³/mol. The summed E-state index contributed by atoms with van der Waals surface area (Å²) in [5, 5.41) is 37.1. The normalized spacial score (nSPS) is 22.3. The number of rotatable bonds is 11. The van der Waals surface area contributed by atoms with Crippen LogP contribution < -0.4 is 10.8 Å². The summed E-state index contributed by atoms with van der Waals surface area (Å²) in [6.45, 7) is 8.11. The van der Waals surface area contributed by atoms with Gasteiger partial charge >= 0.3 is 0 Å². The Bertz CT molecular complexity index is 2250. The lowest BCUT2D eigenvalue weighted by Gasteiger charge is -2.18. The van der Waals surface area contributed by atoms with Crippen LogP contribution in [-0.4, -0.2) is 37.9 Å². The van der Waals surface area contributed by atoms with Crippen LogP contribution in [0.25, 0.3) is 16.8 Å². The highest BCUT2D eigenvalue weighted by molar-refractivity contribution is 7.90. The number of hydrogen-bond donors (Lipinski definition) is 1. The molecule has 2 saturated carbocycles. The van der Waals surface area contributed by atoms with Crippen LogP contribution in [0.2, 0.25) is 0 Å². The van der Waals surface area contributed by atoms with Crippen molar-refractivity contribution in [3.05, 3.63) is 90.0 Å². The molecule has 3 aromatic heterocycles. The molecule has 2 aliphatic carbocycles. The lowest BCUT2D eigenvalue weighted by Crippen LogP contribution is -2.33. The average Bonchev–Trinajstić information content (AvgIpc) is 4.01. The maximum atomic E-state index is 13.3. The first-order valence-corrected chi connectivity index (χ1v) is 21.2. The van der Waals surface area contributed by atoms with Crippen LogP contribution in [0.4, 0.5) is 0 Å². The van der Waals surface area contributed by atoms with E-state index in [1.807, 2.05) is 55.5 Å². The molecular weight excluding hydrogens is 725 g/mol. The summed E-state index contributed by atoms with van der Waals surface area (Å²) < 4.78 is 29.9. The van der Waals surface area contributed by atoms with E-state index >= 15 is 0 Å². The van der Waals surface area contributed by atoms with Crippen molar-refractivity contribution in [1.29, 1.82) is 10.5 Å². The number of nitrogens with zero attached hydrogens (tertiary/aromatic N) is 7. The fraction of sp³-hybridized carbons (Fsp3) is 0.488. The molecule has 7 atom stereocenters. The summed E-state index contributed by atoms with van der Waals surface area (Å²) in [6, 6.07) is 23.2. The van der Waals surface area contributed by atoms with Gasteiger partial charge in [0, 0.05) is 42.9 Å². The molecule has 12 nitrogen and oxygen atoms in total. The van der Waals surface area contributed by atoms with Crippen molar-refractivity contribution >= 4 is 32.8 Å². The highest BCUT2D eigenvalue weighted by Crippen LogP contribution is 2.46. The van der Waals surface area contributed by atoms with Gasteiger partial charge < -0.3 is 15.6 Å². The third-order valence-electron chi connectivity index (χ3n) is 11.6. The molecule has 0 radical (unpaired) electrons. The third-order valence-corrected chi connectivity index (χ3v) is 13.2. The lowest BCUT2D eigenvalue weighted by molar-refractivity contribution is -0.312. The minimum absolute atomic E-state index is 0.159. The molecule has 0 amide bonds. The largest absolute Gasteiger partial charge is 0.550 e. The van der Waals surface area contributed by atoms with Gasteiger partial charge in [-0.05, 0) is 99.8 Å². The van der Waals surface area contributed by atoms with E-state index in [4.69, 9.17) is 16.3 Å². The van der Waals surface area contributed by atoms with E-state index in [0.717, 1.165) is 56.3 Å². The second kappa shape index (κ2) is 19.2. The Kier molecular flexibility index (Phi) is 14.4. The van der Waals surface area contributed by atoms with Crippen molar-refractivity contribution in [2.45, 2.75) is 109 Å². The maximum absolute atomic E-state index is 13.3. The molecule has 0 unspecified atom stereocenters. The van der Waals surface area contributed by atoms with Crippen molar-refractivity contribution in [2.24, 2.45) is 35.3 Å². The Morgan fingerprint density at radius 2 is 1.54 bits per heavy atom. The molecule has 0 spiro atoms. The van der Waals surface area contributed by atoms with Gasteiger partial charge in [0.1, 0.15) is 5.82 Å². The van der Waals surface area contributed by atoms with Crippen LogP contribution in [0, 0.1) is 59.2 Å². The summed E-state index contributed by atoms with van der Waals surface area (Å²) >= 11 is 0. The topological polar surface area (TPSA) is 196 Å². The van der Waals surface area contributed by atoms with Gasteiger partial charge in [0.2, 0.25) is 0 Å². The van der Waals surface area contributed by atoms with E-state index in [1.165, 1.54) is 9.54 Å². The number of carboxylic acids is 1.